The van der Waals surface area contributed by atoms with Gasteiger partial charge in [0.1, 0.15) is 17.7 Å². The van der Waals surface area contributed by atoms with Gasteiger partial charge < -0.3 is 5.11 Å². The van der Waals surface area contributed by atoms with E-state index < -0.39 is 17.7 Å². The predicted molar refractivity (Wildman–Crippen MR) is 74.0 cm³/mol. The third-order valence-corrected chi connectivity index (χ3v) is 3.67. The van der Waals surface area contributed by atoms with Gasteiger partial charge in [-0.2, -0.15) is 0 Å². The van der Waals surface area contributed by atoms with E-state index in [1.807, 2.05) is 26.0 Å². The molecule has 1 atom stereocenters. The van der Waals surface area contributed by atoms with Gasteiger partial charge >= 0.3 is 0 Å². The van der Waals surface area contributed by atoms with Crippen molar-refractivity contribution >= 4 is 15.9 Å². The van der Waals surface area contributed by atoms with Gasteiger partial charge in [-0.3, -0.25) is 0 Å². The lowest BCUT2D eigenvalue weighted by Crippen LogP contribution is -2.06. The van der Waals surface area contributed by atoms with Crippen molar-refractivity contribution in [3.63, 3.8) is 0 Å². The van der Waals surface area contributed by atoms with Gasteiger partial charge in [0.15, 0.2) is 0 Å². The third-order valence-electron chi connectivity index (χ3n) is 3.06. The van der Waals surface area contributed by atoms with E-state index in [4.69, 9.17) is 0 Å². The summed E-state index contributed by atoms with van der Waals surface area (Å²) in [7, 11) is 0. The largest absolute Gasteiger partial charge is 0.384 e. The van der Waals surface area contributed by atoms with E-state index in [2.05, 4.69) is 15.9 Å². The summed E-state index contributed by atoms with van der Waals surface area (Å²) < 4.78 is 27.4. The molecule has 0 heterocycles. The summed E-state index contributed by atoms with van der Waals surface area (Å²) in [6, 6.07) is 7.58. The average Bonchev–Trinajstić information content (AvgIpc) is 2.36. The first-order valence-electron chi connectivity index (χ1n) is 5.80. The van der Waals surface area contributed by atoms with Crippen LogP contribution in [0.5, 0.6) is 0 Å². The Morgan fingerprint density at radius 3 is 2.37 bits per heavy atom. The highest BCUT2D eigenvalue weighted by Crippen LogP contribution is 2.30. The Bertz CT molecular complexity index is 626. The number of rotatable bonds is 2. The summed E-state index contributed by atoms with van der Waals surface area (Å²) in [6.45, 7) is 3.71. The molecule has 0 bridgehead atoms. The van der Waals surface area contributed by atoms with Gasteiger partial charge in [-0.25, -0.2) is 8.78 Å². The van der Waals surface area contributed by atoms with Crippen molar-refractivity contribution in [3.8, 4) is 0 Å². The van der Waals surface area contributed by atoms with Gasteiger partial charge in [-0.15, -0.1) is 0 Å². The Morgan fingerprint density at radius 1 is 1.00 bits per heavy atom. The fourth-order valence-corrected chi connectivity index (χ4v) is 2.28. The SMILES string of the molecule is Cc1ccc(C)c(C(O)c2cc(F)c(Br)cc2F)c1. The van der Waals surface area contributed by atoms with E-state index in [0.717, 1.165) is 23.3 Å². The van der Waals surface area contributed by atoms with Crippen LogP contribution in [0.4, 0.5) is 8.78 Å². The van der Waals surface area contributed by atoms with Crippen molar-refractivity contribution in [1.29, 1.82) is 0 Å². The van der Waals surface area contributed by atoms with E-state index in [1.54, 1.807) is 6.07 Å². The van der Waals surface area contributed by atoms with E-state index in [-0.39, 0.29) is 10.0 Å². The average molecular weight is 327 g/mol. The molecule has 0 aliphatic carbocycles. The minimum atomic E-state index is -1.18. The molecule has 2 aromatic carbocycles. The molecule has 1 nitrogen and oxygen atoms in total. The van der Waals surface area contributed by atoms with Gasteiger partial charge in [0, 0.05) is 5.56 Å². The van der Waals surface area contributed by atoms with E-state index in [1.165, 1.54) is 0 Å². The third kappa shape index (κ3) is 2.85. The highest BCUT2D eigenvalue weighted by atomic mass is 79.9. The number of benzene rings is 2. The van der Waals surface area contributed by atoms with Crippen LogP contribution >= 0.6 is 15.9 Å². The number of aliphatic hydroxyl groups is 1. The van der Waals surface area contributed by atoms with E-state index in [0.29, 0.717) is 5.56 Å². The standard InChI is InChI=1S/C15H13BrF2O/c1-8-3-4-9(2)10(5-8)15(19)11-6-14(18)12(16)7-13(11)17/h3-7,15,19H,1-2H3. The monoisotopic (exact) mass is 326 g/mol. The highest BCUT2D eigenvalue weighted by molar-refractivity contribution is 9.10. The van der Waals surface area contributed by atoms with Crippen molar-refractivity contribution in [2.24, 2.45) is 0 Å². The molecule has 0 aliphatic rings. The molecule has 1 N–H and O–H groups in total. The fraction of sp³-hybridized carbons (Fsp3) is 0.200. The Labute approximate surface area is 119 Å². The van der Waals surface area contributed by atoms with Crippen LogP contribution in [0.15, 0.2) is 34.8 Å². The molecule has 4 heteroatoms. The molecule has 0 aromatic heterocycles. The van der Waals surface area contributed by atoms with Crippen LogP contribution in [0.3, 0.4) is 0 Å². The molecule has 19 heavy (non-hydrogen) atoms. The van der Waals surface area contributed by atoms with E-state index in [9.17, 15) is 13.9 Å². The normalized spacial score (nSPS) is 12.5. The van der Waals surface area contributed by atoms with Gasteiger partial charge in [0.25, 0.3) is 0 Å². The Balaban J connectivity index is 2.52. The molecule has 0 saturated carbocycles. The number of hydrogen-bond donors (Lipinski definition) is 1. The smallest absolute Gasteiger partial charge is 0.137 e. The van der Waals surface area contributed by atoms with Crippen LogP contribution in [0, 0.1) is 25.5 Å². The topological polar surface area (TPSA) is 20.2 Å². The van der Waals surface area contributed by atoms with Gasteiger partial charge in [0.2, 0.25) is 0 Å². The van der Waals surface area contributed by atoms with Crippen LogP contribution in [0.2, 0.25) is 0 Å². The Kier molecular flexibility index (Phi) is 4.02. The second kappa shape index (κ2) is 5.39. The maximum absolute atomic E-state index is 13.8. The molecule has 0 saturated heterocycles. The Morgan fingerprint density at radius 2 is 1.68 bits per heavy atom. The van der Waals surface area contributed by atoms with Crippen LogP contribution in [-0.2, 0) is 0 Å². The van der Waals surface area contributed by atoms with E-state index >= 15 is 0 Å². The van der Waals surface area contributed by atoms with Crippen LogP contribution in [-0.4, -0.2) is 5.11 Å². The Hall–Kier alpha value is -1.26. The maximum Gasteiger partial charge on any atom is 0.137 e. The summed E-state index contributed by atoms with van der Waals surface area (Å²) in [5.74, 6) is -1.23. The lowest BCUT2D eigenvalue weighted by atomic mass is 9.95. The first-order valence-corrected chi connectivity index (χ1v) is 6.59. The second-order valence-electron chi connectivity index (χ2n) is 4.55. The van der Waals surface area contributed by atoms with Crippen LogP contribution in [0.1, 0.15) is 28.4 Å². The molecular weight excluding hydrogens is 314 g/mol. The lowest BCUT2D eigenvalue weighted by Gasteiger charge is -2.16. The summed E-state index contributed by atoms with van der Waals surface area (Å²) in [6.07, 6.45) is -1.18. The first kappa shape index (κ1) is 14.2. The predicted octanol–water partition coefficient (Wildman–Crippen LogP) is 4.43. The van der Waals surface area contributed by atoms with Crippen molar-refractivity contribution in [1.82, 2.24) is 0 Å². The molecule has 0 spiro atoms. The highest BCUT2D eigenvalue weighted by Gasteiger charge is 2.19. The molecule has 1 unspecified atom stereocenters. The maximum atomic E-state index is 13.8. The number of hydrogen-bond acceptors (Lipinski definition) is 1. The second-order valence-corrected chi connectivity index (χ2v) is 5.40. The summed E-state index contributed by atoms with van der Waals surface area (Å²) in [4.78, 5) is 0. The van der Waals surface area contributed by atoms with Crippen molar-refractivity contribution in [2.75, 3.05) is 0 Å². The molecule has 2 rings (SSSR count). The molecule has 2 aromatic rings. The summed E-state index contributed by atoms with van der Waals surface area (Å²) in [5, 5.41) is 10.3. The molecular formula is C15H13BrF2O. The first-order chi connectivity index (χ1) is 8.90. The summed E-state index contributed by atoms with van der Waals surface area (Å²) in [5.41, 5.74) is 2.31. The van der Waals surface area contributed by atoms with Crippen molar-refractivity contribution < 1.29 is 13.9 Å². The molecule has 100 valence electrons. The minimum Gasteiger partial charge on any atom is -0.384 e. The zero-order valence-electron chi connectivity index (χ0n) is 10.5. The number of aliphatic hydroxyl groups excluding tert-OH is 1. The van der Waals surface area contributed by atoms with Gasteiger partial charge in [0.05, 0.1) is 4.47 Å². The van der Waals surface area contributed by atoms with Crippen molar-refractivity contribution in [3.05, 3.63) is 68.7 Å². The zero-order chi connectivity index (χ0) is 14.2. The number of halogens is 3. The van der Waals surface area contributed by atoms with Crippen molar-refractivity contribution in [2.45, 2.75) is 20.0 Å². The zero-order valence-corrected chi connectivity index (χ0v) is 12.1. The van der Waals surface area contributed by atoms with Gasteiger partial charge in [-0.05, 0) is 53.0 Å². The molecule has 0 amide bonds. The minimum absolute atomic E-state index is 0.0434. The van der Waals surface area contributed by atoms with Gasteiger partial charge in [-0.1, -0.05) is 23.8 Å². The molecule has 0 radical (unpaired) electrons. The quantitative estimate of drug-likeness (QED) is 0.809. The number of aryl methyl sites for hydroxylation is 2. The summed E-state index contributed by atoms with van der Waals surface area (Å²) >= 11 is 2.92. The molecule has 0 aliphatic heterocycles. The van der Waals surface area contributed by atoms with Crippen LogP contribution < -0.4 is 0 Å². The van der Waals surface area contributed by atoms with Crippen LogP contribution in [0.25, 0.3) is 0 Å². The lowest BCUT2D eigenvalue weighted by molar-refractivity contribution is 0.213. The molecule has 0 fully saturated rings. The fourth-order valence-electron chi connectivity index (χ4n) is 1.97.